The average Bonchev–Trinajstić information content (AvgIpc) is 3.02. The van der Waals surface area contributed by atoms with E-state index in [4.69, 9.17) is 14.2 Å². The molecule has 0 bridgehead atoms. The number of ether oxygens (including phenoxy) is 3. The lowest BCUT2D eigenvalue weighted by Gasteiger charge is -2.36. The molecule has 2 aromatic rings. The molecule has 3 rings (SSSR count). The number of carbonyl (C=O) groups excluding carboxylic acids is 5. The summed E-state index contributed by atoms with van der Waals surface area (Å²) >= 11 is 1.28. The van der Waals surface area contributed by atoms with Gasteiger partial charge in [-0.3, -0.25) is 19.2 Å². The van der Waals surface area contributed by atoms with Crippen LogP contribution in [0.25, 0.3) is 11.4 Å². The first-order chi connectivity index (χ1) is 21.9. The van der Waals surface area contributed by atoms with Crippen molar-refractivity contribution in [2.75, 3.05) is 45.1 Å². The Morgan fingerprint density at radius 2 is 1.54 bits per heavy atom. The molecule has 1 aliphatic rings. The molecular formula is C32H43N5O8S. The molecule has 0 radical (unpaired) electrons. The minimum Gasteiger partial charge on any atom is -0.466 e. The van der Waals surface area contributed by atoms with Gasteiger partial charge in [0, 0.05) is 50.0 Å². The summed E-state index contributed by atoms with van der Waals surface area (Å²) < 4.78 is 15.5. The Labute approximate surface area is 273 Å². The van der Waals surface area contributed by atoms with E-state index in [1.165, 1.54) is 22.7 Å². The largest absolute Gasteiger partial charge is 0.466 e. The van der Waals surface area contributed by atoms with Crippen molar-refractivity contribution in [3.05, 3.63) is 42.1 Å². The molecule has 0 saturated carbocycles. The SMILES string of the molecule is CCOC(=O)CCSc1cc(C(=O)NC(CCC(=O)OC(C)(C)C)C(=O)N2CCN(C(=O)OCC)CC2)nc(-c2ccccc2)n1. The van der Waals surface area contributed by atoms with Crippen molar-refractivity contribution >= 4 is 41.6 Å². The number of aromatic nitrogens is 2. The maximum atomic E-state index is 13.7. The molecule has 2 heterocycles. The molecule has 1 aromatic carbocycles. The first kappa shape index (κ1) is 36.3. The van der Waals surface area contributed by atoms with E-state index in [-0.39, 0.29) is 76.2 Å². The van der Waals surface area contributed by atoms with Crippen molar-refractivity contribution in [1.29, 1.82) is 0 Å². The monoisotopic (exact) mass is 657 g/mol. The molecule has 250 valence electrons. The normalized spacial score (nSPS) is 13.8. The maximum Gasteiger partial charge on any atom is 0.409 e. The molecule has 13 nitrogen and oxygen atoms in total. The molecule has 0 spiro atoms. The van der Waals surface area contributed by atoms with Crippen LogP contribution in [-0.4, -0.2) is 106 Å². The Hall–Kier alpha value is -4.20. The van der Waals surface area contributed by atoms with Gasteiger partial charge >= 0.3 is 18.0 Å². The van der Waals surface area contributed by atoms with Gasteiger partial charge in [-0.15, -0.1) is 11.8 Å². The van der Waals surface area contributed by atoms with E-state index in [1.54, 1.807) is 39.5 Å². The number of nitrogens with one attached hydrogen (secondary N) is 1. The fourth-order valence-electron chi connectivity index (χ4n) is 4.49. The van der Waals surface area contributed by atoms with E-state index in [0.29, 0.717) is 22.2 Å². The van der Waals surface area contributed by atoms with E-state index in [0.717, 1.165) is 0 Å². The Bertz CT molecular complexity index is 1360. The standard InChI is InChI=1S/C32H43N5O8S/c1-6-43-26(38)15-20-46-25-21-24(33-28(35-25)22-11-9-8-10-12-22)29(40)34-23(13-14-27(39)45-32(3,4)5)30(41)36-16-18-37(19-17-36)31(42)44-7-2/h8-12,21,23H,6-7,13-20H2,1-5H3,(H,34,40). The first-order valence-electron chi connectivity index (χ1n) is 15.4. The van der Waals surface area contributed by atoms with Crippen molar-refractivity contribution in [1.82, 2.24) is 25.1 Å². The number of hydrogen-bond donors (Lipinski definition) is 1. The second-order valence-corrected chi connectivity index (χ2v) is 12.5. The summed E-state index contributed by atoms with van der Waals surface area (Å²) in [4.78, 5) is 76.1. The number of piperazine rings is 1. The van der Waals surface area contributed by atoms with Crippen LogP contribution in [0.1, 0.15) is 64.4 Å². The third-order valence-corrected chi connectivity index (χ3v) is 7.52. The van der Waals surface area contributed by atoms with E-state index in [2.05, 4.69) is 15.3 Å². The maximum absolute atomic E-state index is 13.7. The number of amides is 3. The van der Waals surface area contributed by atoms with E-state index in [9.17, 15) is 24.0 Å². The predicted octanol–water partition coefficient (Wildman–Crippen LogP) is 3.71. The molecule has 1 atom stereocenters. The Morgan fingerprint density at radius 1 is 0.891 bits per heavy atom. The van der Waals surface area contributed by atoms with Crippen LogP contribution in [0, 0.1) is 0 Å². The molecule has 46 heavy (non-hydrogen) atoms. The Balaban J connectivity index is 1.82. The highest BCUT2D eigenvalue weighted by molar-refractivity contribution is 7.99. The zero-order chi connectivity index (χ0) is 33.7. The molecular weight excluding hydrogens is 614 g/mol. The van der Waals surface area contributed by atoms with Crippen LogP contribution in [-0.2, 0) is 28.6 Å². The fraction of sp³-hybridized carbons (Fsp3) is 0.531. The summed E-state index contributed by atoms with van der Waals surface area (Å²) in [5, 5.41) is 3.25. The molecule has 1 N–H and O–H groups in total. The number of thioether (sulfide) groups is 1. The van der Waals surface area contributed by atoms with E-state index < -0.39 is 29.6 Å². The third-order valence-electron chi connectivity index (χ3n) is 6.61. The van der Waals surface area contributed by atoms with Gasteiger partial charge in [0.2, 0.25) is 5.91 Å². The van der Waals surface area contributed by atoms with Crippen molar-refractivity contribution in [2.45, 2.75) is 70.6 Å². The second-order valence-electron chi connectivity index (χ2n) is 11.3. The summed E-state index contributed by atoms with van der Waals surface area (Å²) in [6, 6.07) is 9.57. The fourth-order valence-corrected chi connectivity index (χ4v) is 5.32. The zero-order valence-corrected chi connectivity index (χ0v) is 27.9. The van der Waals surface area contributed by atoms with Crippen LogP contribution < -0.4 is 5.32 Å². The highest BCUT2D eigenvalue weighted by Gasteiger charge is 2.32. The van der Waals surface area contributed by atoms with E-state index >= 15 is 0 Å². The van der Waals surface area contributed by atoms with Crippen LogP contribution in [0.15, 0.2) is 41.4 Å². The van der Waals surface area contributed by atoms with Gasteiger partial charge in [-0.25, -0.2) is 14.8 Å². The second kappa shape index (κ2) is 17.5. The molecule has 3 amide bonds. The van der Waals surface area contributed by atoms with Crippen LogP contribution in [0.3, 0.4) is 0 Å². The molecule has 1 saturated heterocycles. The molecule has 1 aromatic heterocycles. The molecule has 0 aliphatic carbocycles. The molecule has 1 unspecified atom stereocenters. The highest BCUT2D eigenvalue weighted by Crippen LogP contribution is 2.23. The smallest absolute Gasteiger partial charge is 0.409 e. The first-order valence-corrected chi connectivity index (χ1v) is 16.3. The summed E-state index contributed by atoms with van der Waals surface area (Å²) in [5.74, 6) is -1.17. The van der Waals surface area contributed by atoms with Crippen molar-refractivity contribution in [3.63, 3.8) is 0 Å². The lowest BCUT2D eigenvalue weighted by atomic mass is 10.1. The number of esters is 2. The van der Waals surface area contributed by atoms with Crippen molar-refractivity contribution < 1.29 is 38.2 Å². The lowest BCUT2D eigenvalue weighted by molar-refractivity contribution is -0.155. The minimum atomic E-state index is -1.07. The minimum absolute atomic E-state index is 0.00461. The zero-order valence-electron chi connectivity index (χ0n) is 27.1. The van der Waals surface area contributed by atoms with Crippen molar-refractivity contribution in [2.24, 2.45) is 0 Å². The molecule has 14 heteroatoms. The van der Waals surface area contributed by atoms with Gasteiger partial charge in [0.25, 0.3) is 5.91 Å². The van der Waals surface area contributed by atoms with Crippen LogP contribution in [0.2, 0.25) is 0 Å². The average molecular weight is 658 g/mol. The van der Waals surface area contributed by atoms with E-state index in [1.807, 2.05) is 30.3 Å². The Morgan fingerprint density at radius 3 is 2.17 bits per heavy atom. The predicted molar refractivity (Wildman–Crippen MR) is 171 cm³/mol. The number of carbonyl (C=O) groups is 5. The topological polar surface area (TPSA) is 157 Å². The van der Waals surface area contributed by atoms with Gasteiger partial charge in [0.15, 0.2) is 5.82 Å². The van der Waals surface area contributed by atoms with Gasteiger partial charge < -0.3 is 29.3 Å². The molecule has 1 fully saturated rings. The third kappa shape index (κ3) is 11.6. The van der Waals surface area contributed by atoms with Crippen molar-refractivity contribution in [3.8, 4) is 11.4 Å². The summed E-state index contributed by atoms with van der Waals surface area (Å²) in [5.41, 5.74) is -0.00420. The highest BCUT2D eigenvalue weighted by atomic mass is 32.2. The quantitative estimate of drug-likeness (QED) is 0.145. The van der Waals surface area contributed by atoms with Gasteiger partial charge in [0.1, 0.15) is 22.4 Å². The number of nitrogens with zero attached hydrogens (tertiary/aromatic N) is 4. The number of rotatable bonds is 13. The summed E-state index contributed by atoms with van der Waals surface area (Å²) in [7, 11) is 0. The van der Waals surface area contributed by atoms with Gasteiger partial charge in [0.05, 0.1) is 19.6 Å². The molecule has 1 aliphatic heterocycles. The summed E-state index contributed by atoms with van der Waals surface area (Å²) in [6.07, 6.45) is -0.395. The van der Waals surface area contributed by atoms with Crippen LogP contribution >= 0.6 is 11.8 Å². The van der Waals surface area contributed by atoms with Crippen LogP contribution in [0.4, 0.5) is 4.79 Å². The number of benzene rings is 1. The number of hydrogen-bond acceptors (Lipinski definition) is 11. The van der Waals surface area contributed by atoms with Crippen LogP contribution in [0.5, 0.6) is 0 Å². The van der Waals surface area contributed by atoms with Gasteiger partial charge in [-0.2, -0.15) is 0 Å². The Kier molecular flexibility index (Phi) is 13.8. The lowest BCUT2D eigenvalue weighted by Crippen LogP contribution is -2.56. The summed E-state index contributed by atoms with van der Waals surface area (Å²) in [6.45, 7) is 10.3. The van der Waals surface area contributed by atoms with Gasteiger partial charge in [-0.05, 0) is 41.0 Å². The van der Waals surface area contributed by atoms with Gasteiger partial charge in [-0.1, -0.05) is 30.3 Å².